The van der Waals surface area contributed by atoms with Gasteiger partial charge >= 0.3 is 0 Å². The van der Waals surface area contributed by atoms with E-state index in [4.69, 9.17) is 10.5 Å². The van der Waals surface area contributed by atoms with Crippen LogP contribution in [0.3, 0.4) is 0 Å². The molecule has 1 saturated heterocycles. The van der Waals surface area contributed by atoms with Crippen LogP contribution in [0.15, 0.2) is 11.4 Å². The summed E-state index contributed by atoms with van der Waals surface area (Å²) in [5.74, 6) is 0.690. The van der Waals surface area contributed by atoms with Crippen molar-refractivity contribution in [1.29, 1.82) is 0 Å². The topological polar surface area (TPSA) is 55.6 Å². The van der Waals surface area contributed by atoms with Crippen LogP contribution in [0, 0.1) is 0 Å². The average Bonchev–Trinajstić information content (AvgIpc) is 2.86. The van der Waals surface area contributed by atoms with Gasteiger partial charge in [0, 0.05) is 18.6 Å². The maximum atomic E-state index is 12.2. The Bertz CT molecular complexity index is 391. The zero-order valence-electron chi connectivity index (χ0n) is 9.47. The molecule has 5 heteroatoms. The summed E-state index contributed by atoms with van der Waals surface area (Å²) in [5.41, 5.74) is 5.91. The number of methoxy groups -OCH3 is 1. The number of carbonyl (C=O) groups excluding carboxylic acids is 1. The van der Waals surface area contributed by atoms with Crippen LogP contribution in [0.25, 0.3) is 0 Å². The number of nitrogens with zero attached hydrogens (tertiary/aromatic N) is 1. The standard InChI is InChI=1S/C11H16N2O2S/c1-7-8(12)3-5-13(7)11(14)10-9(15-2)4-6-16-10/h4,6-8H,3,5,12H2,1-2H3. The lowest BCUT2D eigenvalue weighted by molar-refractivity contribution is 0.0744. The highest BCUT2D eigenvalue weighted by Gasteiger charge is 2.33. The molecule has 2 unspecified atom stereocenters. The molecule has 88 valence electrons. The highest BCUT2D eigenvalue weighted by Crippen LogP contribution is 2.28. The van der Waals surface area contributed by atoms with Crippen molar-refractivity contribution in [3.05, 3.63) is 16.3 Å². The molecule has 2 rings (SSSR count). The highest BCUT2D eigenvalue weighted by atomic mass is 32.1. The van der Waals surface area contributed by atoms with Gasteiger partial charge in [0.2, 0.25) is 0 Å². The van der Waals surface area contributed by atoms with Crippen molar-refractivity contribution in [3.63, 3.8) is 0 Å². The normalized spacial score (nSPS) is 24.8. The van der Waals surface area contributed by atoms with E-state index < -0.39 is 0 Å². The summed E-state index contributed by atoms with van der Waals surface area (Å²) >= 11 is 1.42. The molecule has 2 atom stereocenters. The van der Waals surface area contributed by atoms with E-state index in [0.29, 0.717) is 10.6 Å². The van der Waals surface area contributed by atoms with Gasteiger partial charge in [-0.15, -0.1) is 11.3 Å². The Balaban J connectivity index is 2.20. The lowest BCUT2D eigenvalue weighted by Gasteiger charge is -2.22. The SMILES string of the molecule is COc1ccsc1C(=O)N1CCC(N)C1C. The van der Waals surface area contributed by atoms with E-state index >= 15 is 0 Å². The minimum atomic E-state index is 0.0345. The Morgan fingerprint density at radius 2 is 2.44 bits per heavy atom. The van der Waals surface area contributed by atoms with Crippen LogP contribution in [0.5, 0.6) is 5.75 Å². The Hall–Kier alpha value is -1.07. The molecule has 0 radical (unpaired) electrons. The maximum absolute atomic E-state index is 12.2. The van der Waals surface area contributed by atoms with Gasteiger partial charge < -0.3 is 15.4 Å². The van der Waals surface area contributed by atoms with Gasteiger partial charge in [0.1, 0.15) is 10.6 Å². The molecule has 0 saturated carbocycles. The van der Waals surface area contributed by atoms with E-state index in [9.17, 15) is 4.79 Å². The van der Waals surface area contributed by atoms with Crippen LogP contribution in [-0.2, 0) is 0 Å². The van der Waals surface area contributed by atoms with E-state index in [-0.39, 0.29) is 18.0 Å². The van der Waals surface area contributed by atoms with Crippen LogP contribution in [0.2, 0.25) is 0 Å². The number of nitrogens with two attached hydrogens (primary N) is 1. The Morgan fingerprint density at radius 1 is 1.69 bits per heavy atom. The molecule has 2 heterocycles. The van der Waals surface area contributed by atoms with Crippen molar-refractivity contribution < 1.29 is 9.53 Å². The number of amides is 1. The van der Waals surface area contributed by atoms with Gasteiger partial charge in [0.25, 0.3) is 5.91 Å². The van der Waals surface area contributed by atoms with Gasteiger partial charge in [0.05, 0.1) is 7.11 Å². The van der Waals surface area contributed by atoms with Crippen LogP contribution in [0.4, 0.5) is 0 Å². The summed E-state index contributed by atoms with van der Waals surface area (Å²) in [6, 6.07) is 2.02. The quantitative estimate of drug-likeness (QED) is 0.848. The van der Waals surface area contributed by atoms with Crippen LogP contribution in [-0.4, -0.2) is 36.5 Å². The van der Waals surface area contributed by atoms with Crippen molar-refractivity contribution in [2.45, 2.75) is 25.4 Å². The van der Waals surface area contributed by atoms with Crippen molar-refractivity contribution in [2.75, 3.05) is 13.7 Å². The van der Waals surface area contributed by atoms with E-state index in [1.807, 2.05) is 23.3 Å². The van der Waals surface area contributed by atoms with Crippen LogP contribution >= 0.6 is 11.3 Å². The summed E-state index contributed by atoms with van der Waals surface area (Å²) in [7, 11) is 1.58. The van der Waals surface area contributed by atoms with E-state index in [1.165, 1.54) is 11.3 Å². The molecule has 1 aliphatic rings. The van der Waals surface area contributed by atoms with Gasteiger partial charge in [-0.3, -0.25) is 4.79 Å². The minimum Gasteiger partial charge on any atom is -0.495 e. The smallest absolute Gasteiger partial charge is 0.268 e. The fraction of sp³-hybridized carbons (Fsp3) is 0.545. The number of rotatable bonds is 2. The third kappa shape index (κ3) is 1.81. The highest BCUT2D eigenvalue weighted by molar-refractivity contribution is 7.12. The Morgan fingerprint density at radius 3 is 3.00 bits per heavy atom. The van der Waals surface area contributed by atoms with Gasteiger partial charge in [-0.05, 0) is 24.8 Å². The molecule has 0 bridgehead atoms. The zero-order valence-corrected chi connectivity index (χ0v) is 10.3. The first kappa shape index (κ1) is 11.4. The molecule has 0 aliphatic carbocycles. The molecule has 1 aromatic rings. The molecular formula is C11H16N2O2S. The molecule has 1 fully saturated rings. The first-order valence-electron chi connectivity index (χ1n) is 5.33. The van der Waals surface area contributed by atoms with Gasteiger partial charge in [0.15, 0.2) is 0 Å². The summed E-state index contributed by atoms with van der Waals surface area (Å²) in [6.07, 6.45) is 0.876. The summed E-state index contributed by atoms with van der Waals surface area (Å²) in [6.45, 7) is 2.73. The van der Waals surface area contributed by atoms with Crippen molar-refractivity contribution in [1.82, 2.24) is 4.90 Å². The third-order valence-corrected chi connectivity index (χ3v) is 4.00. The molecule has 1 aromatic heterocycles. The van der Waals surface area contributed by atoms with Crippen LogP contribution < -0.4 is 10.5 Å². The fourth-order valence-electron chi connectivity index (χ4n) is 2.00. The van der Waals surface area contributed by atoms with E-state index in [0.717, 1.165) is 13.0 Å². The zero-order chi connectivity index (χ0) is 11.7. The second-order valence-corrected chi connectivity index (χ2v) is 4.93. The predicted octanol–water partition coefficient (Wildman–Crippen LogP) is 1.32. The second-order valence-electron chi connectivity index (χ2n) is 4.01. The summed E-state index contributed by atoms with van der Waals surface area (Å²) in [5, 5.41) is 1.87. The number of thiophene rings is 1. The monoisotopic (exact) mass is 240 g/mol. The maximum Gasteiger partial charge on any atom is 0.268 e. The Labute approximate surface area is 99.0 Å². The van der Waals surface area contributed by atoms with E-state index in [2.05, 4.69) is 0 Å². The molecular weight excluding hydrogens is 224 g/mol. The number of hydrogen-bond acceptors (Lipinski definition) is 4. The molecule has 2 N–H and O–H groups in total. The summed E-state index contributed by atoms with van der Waals surface area (Å²) in [4.78, 5) is 14.7. The average molecular weight is 240 g/mol. The number of carbonyl (C=O) groups is 1. The van der Waals surface area contributed by atoms with Gasteiger partial charge in [-0.25, -0.2) is 0 Å². The molecule has 4 nitrogen and oxygen atoms in total. The van der Waals surface area contributed by atoms with Crippen LogP contribution in [0.1, 0.15) is 23.0 Å². The largest absolute Gasteiger partial charge is 0.495 e. The number of hydrogen-bond donors (Lipinski definition) is 1. The molecule has 0 aromatic carbocycles. The lowest BCUT2D eigenvalue weighted by Crippen LogP contribution is -2.40. The van der Waals surface area contributed by atoms with Crippen molar-refractivity contribution in [2.24, 2.45) is 5.73 Å². The first-order chi connectivity index (χ1) is 7.65. The molecule has 0 spiro atoms. The van der Waals surface area contributed by atoms with Gasteiger partial charge in [-0.1, -0.05) is 0 Å². The third-order valence-electron chi connectivity index (χ3n) is 3.12. The van der Waals surface area contributed by atoms with Gasteiger partial charge in [-0.2, -0.15) is 0 Å². The number of ether oxygens (including phenoxy) is 1. The Kier molecular flexibility index (Phi) is 3.16. The van der Waals surface area contributed by atoms with Crippen molar-refractivity contribution >= 4 is 17.2 Å². The van der Waals surface area contributed by atoms with E-state index in [1.54, 1.807) is 7.11 Å². The minimum absolute atomic E-state index is 0.0345. The second kappa shape index (κ2) is 4.43. The predicted molar refractivity (Wildman–Crippen MR) is 64.0 cm³/mol. The lowest BCUT2D eigenvalue weighted by atomic mass is 10.2. The molecule has 1 amide bonds. The molecule has 16 heavy (non-hydrogen) atoms. The van der Waals surface area contributed by atoms with Crippen molar-refractivity contribution in [3.8, 4) is 5.75 Å². The fourth-order valence-corrected chi connectivity index (χ4v) is 2.81. The first-order valence-corrected chi connectivity index (χ1v) is 6.21. The number of likely N-dealkylation sites (tertiary alicyclic amines) is 1. The summed E-state index contributed by atoms with van der Waals surface area (Å²) < 4.78 is 5.16. The molecule has 1 aliphatic heterocycles.